The van der Waals surface area contributed by atoms with Gasteiger partial charge in [-0.2, -0.15) is 0 Å². The van der Waals surface area contributed by atoms with Gasteiger partial charge in [0, 0.05) is 18.3 Å². The Bertz CT molecular complexity index is 1110. The number of anilines is 2. The van der Waals surface area contributed by atoms with Crippen molar-refractivity contribution in [1.82, 2.24) is 0 Å². The van der Waals surface area contributed by atoms with E-state index in [1.807, 2.05) is 13.0 Å². The van der Waals surface area contributed by atoms with Crippen molar-refractivity contribution in [2.75, 3.05) is 16.7 Å². The second-order valence-electron chi connectivity index (χ2n) is 6.30. The Hall–Kier alpha value is -3.19. The topological polar surface area (TPSA) is 66.5 Å². The largest absolute Gasteiger partial charge is 0.322 e. The molecule has 144 valence electrons. The maximum absolute atomic E-state index is 13.0. The molecule has 5 nitrogen and oxygen atoms in total. The minimum absolute atomic E-state index is 0.00302. The number of halogens is 1. The van der Waals surface area contributed by atoms with Crippen LogP contribution < -0.4 is 9.62 Å². The first-order valence-electron chi connectivity index (χ1n) is 8.50. The van der Waals surface area contributed by atoms with Crippen LogP contribution in [0.2, 0.25) is 0 Å². The van der Waals surface area contributed by atoms with Crippen LogP contribution in [-0.4, -0.2) is 21.4 Å². The van der Waals surface area contributed by atoms with E-state index >= 15 is 0 Å². The van der Waals surface area contributed by atoms with Gasteiger partial charge in [-0.15, -0.1) is 0 Å². The highest BCUT2D eigenvalue weighted by Gasteiger charge is 2.22. The number of carbonyl (C=O) groups excluding carboxylic acids is 1. The van der Waals surface area contributed by atoms with Crippen LogP contribution in [0.1, 0.15) is 15.9 Å². The lowest BCUT2D eigenvalue weighted by atomic mass is 10.2. The summed E-state index contributed by atoms with van der Waals surface area (Å²) in [6.45, 7) is 1.88. The van der Waals surface area contributed by atoms with Crippen molar-refractivity contribution in [3.05, 3.63) is 89.7 Å². The third-order valence-electron chi connectivity index (χ3n) is 4.22. The molecule has 0 aliphatic rings. The zero-order chi connectivity index (χ0) is 20.3. The molecule has 0 atom stereocenters. The molecule has 3 rings (SSSR count). The number of benzene rings is 3. The number of nitrogens with zero attached hydrogens (tertiary/aromatic N) is 1. The van der Waals surface area contributed by atoms with Gasteiger partial charge in [0.05, 0.1) is 10.6 Å². The van der Waals surface area contributed by atoms with Crippen molar-refractivity contribution >= 4 is 27.3 Å². The van der Waals surface area contributed by atoms with E-state index in [0.717, 1.165) is 5.56 Å². The monoisotopic (exact) mass is 398 g/mol. The highest BCUT2D eigenvalue weighted by molar-refractivity contribution is 7.92. The molecule has 0 spiro atoms. The van der Waals surface area contributed by atoms with Crippen molar-refractivity contribution in [3.63, 3.8) is 0 Å². The third kappa shape index (κ3) is 4.20. The maximum atomic E-state index is 13.0. The Kier molecular flexibility index (Phi) is 5.46. The summed E-state index contributed by atoms with van der Waals surface area (Å²) in [5.41, 5.74) is 2.06. The number of carbonyl (C=O) groups is 1. The number of sulfonamides is 1. The SMILES string of the molecule is Cc1cccc(N(C)S(=O)(=O)c2cccc(C(=O)Nc3ccc(F)cc3)c2)c1. The van der Waals surface area contributed by atoms with Crippen LogP contribution in [0, 0.1) is 12.7 Å². The van der Waals surface area contributed by atoms with E-state index in [1.165, 1.54) is 59.9 Å². The van der Waals surface area contributed by atoms with Crippen molar-refractivity contribution in [3.8, 4) is 0 Å². The smallest absolute Gasteiger partial charge is 0.264 e. The van der Waals surface area contributed by atoms with Crippen LogP contribution in [0.4, 0.5) is 15.8 Å². The van der Waals surface area contributed by atoms with E-state index in [0.29, 0.717) is 11.4 Å². The number of amides is 1. The zero-order valence-corrected chi connectivity index (χ0v) is 16.2. The second-order valence-corrected chi connectivity index (χ2v) is 8.27. The van der Waals surface area contributed by atoms with E-state index < -0.39 is 21.7 Å². The Labute approximate surface area is 163 Å². The average molecular weight is 398 g/mol. The van der Waals surface area contributed by atoms with Gasteiger partial charge in [-0.25, -0.2) is 12.8 Å². The predicted octanol–water partition coefficient (Wildman–Crippen LogP) is 4.21. The average Bonchev–Trinajstić information content (AvgIpc) is 2.69. The highest BCUT2D eigenvalue weighted by atomic mass is 32.2. The molecule has 0 aliphatic heterocycles. The summed E-state index contributed by atoms with van der Waals surface area (Å²) >= 11 is 0. The minimum Gasteiger partial charge on any atom is -0.322 e. The van der Waals surface area contributed by atoms with Crippen LogP contribution in [0.15, 0.2) is 77.7 Å². The molecule has 1 N–H and O–H groups in total. The number of hydrogen-bond donors (Lipinski definition) is 1. The van der Waals surface area contributed by atoms with Gasteiger partial charge in [0.25, 0.3) is 15.9 Å². The molecule has 3 aromatic rings. The summed E-state index contributed by atoms with van der Waals surface area (Å²) in [6, 6.07) is 18.2. The van der Waals surface area contributed by atoms with E-state index in [4.69, 9.17) is 0 Å². The zero-order valence-electron chi connectivity index (χ0n) is 15.4. The van der Waals surface area contributed by atoms with Gasteiger partial charge in [0.1, 0.15) is 5.82 Å². The lowest BCUT2D eigenvalue weighted by Crippen LogP contribution is -2.27. The van der Waals surface area contributed by atoms with Crippen LogP contribution in [0.5, 0.6) is 0 Å². The second kappa shape index (κ2) is 7.82. The molecule has 0 saturated carbocycles. The fraction of sp³-hybridized carbons (Fsp3) is 0.0952. The van der Waals surface area contributed by atoms with Crippen molar-refractivity contribution in [2.24, 2.45) is 0 Å². The molecule has 3 aromatic carbocycles. The molecule has 0 fully saturated rings. The molecule has 1 amide bonds. The van der Waals surface area contributed by atoms with Gasteiger partial charge in [-0.1, -0.05) is 18.2 Å². The van der Waals surface area contributed by atoms with Gasteiger partial charge in [0.15, 0.2) is 0 Å². The first-order valence-corrected chi connectivity index (χ1v) is 9.94. The number of hydrogen-bond acceptors (Lipinski definition) is 3. The fourth-order valence-corrected chi connectivity index (χ4v) is 3.89. The van der Waals surface area contributed by atoms with Gasteiger partial charge >= 0.3 is 0 Å². The standard InChI is InChI=1S/C21H19FN2O3S/c1-15-5-3-7-19(13-15)24(2)28(26,27)20-8-4-6-16(14-20)21(25)23-18-11-9-17(22)10-12-18/h3-14H,1-2H3,(H,23,25). The molecule has 7 heteroatoms. The summed E-state index contributed by atoms with van der Waals surface area (Å²) in [7, 11) is -2.37. The summed E-state index contributed by atoms with van der Waals surface area (Å²) in [5.74, 6) is -0.896. The van der Waals surface area contributed by atoms with Crippen LogP contribution >= 0.6 is 0 Å². The van der Waals surface area contributed by atoms with E-state index in [-0.39, 0.29) is 10.5 Å². The molecular formula is C21H19FN2O3S. The number of nitrogens with one attached hydrogen (secondary N) is 1. The van der Waals surface area contributed by atoms with Crippen LogP contribution in [0.3, 0.4) is 0 Å². The Balaban J connectivity index is 1.87. The fourth-order valence-electron chi connectivity index (χ4n) is 2.65. The normalized spacial score (nSPS) is 11.1. The van der Waals surface area contributed by atoms with E-state index in [9.17, 15) is 17.6 Å². The molecule has 0 heterocycles. The lowest BCUT2D eigenvalue weighted by molar-refractivity contribution is 0.102. The quantitative estimate of drug-likeness (QED) is 0.700. The predicted molar refractivity (Wildman–Crippen MR) is 108 cm³/mol. The molecule has 0 saturated heterocycles. The summed E-state index contributed by atoms with van der Waals surface area (Å²) in [4.78, 5) is 12.5. The first kappa shape index (κ1) is 19.6. The summed E-state index contributed by atoms with van der Waals surface area (Å²) in [5, 5.41) is 2.62. The van der Waals surface area contributed by atoms with Crippen LogP contribution in [-0.2, 0) is 10.0 Å². The molecule has 0 aromatic heterocycles. The molecular weight excluding hydrogens is 379 g/mol. The van der Waals surface area contributed by atoms with Gasteiger partial charge in [0.2, 0.25) is 0 Å². The summed E-state index contributed by atoms with van der Waals surface area (Å²) < 4.78 is 40.1. The molecule has 0 aliphatic carbocycles. The number of rotatable bonds is 5. The van der Waals surface area contributed by atoms with Crippen molar-refractivity contribution in [2.45, 2.75) is 11.8 Å². The van der Waals surface area contributed by atoms with Gasteiger partial charge in [-0.05, 0) is 67.1 Å². The van der Waals surface area contributed by atoms with E-state index in [1.54, 1.807) is 18.2 Å². The van der Waals surface area contributed by atoms with Gasteiger partial charge < -0.3 is 5.32 Å². The Morgan fingerprint density at radius 3 is 2.32 bits per heavy atom. The summed E-state index contributed by atoms with van der Waals surface area (Å²) in [6.07, 6.45) is 0. The molecule has 0 bridgehead atoms. The molecule has 0 unspecified atom stereocenters. The minimum atomic E-state index is -3.84. The first-order chi connectivity index (χ1) is 13.3. The lowest BCUT2D eigenvalue weighted by Gasteiger charge is -2.20. The van der Waals surface area contributed by atoms with Crippen LogP contribution in [0.25, 0.3) is 0 Å². The van der Waals surface area contributed by atoms with Gasteiger partial charge in [-0.3, -0.25) is 9.10 Å². The Morgan fingerprint density at radius 1 is 0.964 bits per heavy atom. The van der Waals surface area contributed by atoms with Crippen molar-refractivity contribution in [1.29, 1.82) is 0 Å². The Morgan fingerprint density at radius 2 is 1.64 bits per heavy atom. The highest BCUT2D eigenvalue weighted by Crippen LogP contribution is 2.23. The molecule has 0 radical (unpaired) electrons. The molecule has 28 heavy (non-hydrogen) atoms. The van der Waals surface area contributed by atoms with E-state index in [2.05, 4.69) is 5.32 Å². The van der Waals surface area contributed by atoms with Crippen molar-refractivity contribution < 1.29 is 17.6 Å². The maximum Gasteiger partial charge on any atom is 0.264 e. The number of aryl methyl sites for hydroxylation is 1. The third-order valence-corrected chi connectivity index (χ3v) is 6.00.